The summed E-state index contributed by atoms with van der Waals surface area (Å²) in [5.74, 6) is 0. The van der Waals surface area contributed by atoms with Gasteiger partial charge in [-0.25, -0.2) is 0 Å². The molecule has 1 aromatic rings. The number of furan rings is 1. The normalized spacial score (nSPS) is 16.2. The van der Waals surface area contributed by atoms with Crippen LogP contribution in [0.15, 0.2) is 16.7 Å². The van der Waals surface area contributed by atoms with E-state index in [0.717, 1.165) is 26.4 Å². The largest absolute Gasteiger partial charge is 0.472 e. The minimum absolute atomic E-state index is 0.799. The quantitative estimate of drug-likeness (QED) is 0.532. The van der Waals surface area contributed by atoms with Crippen LogP contribution in [0.5, 0.6) is 0 Å². The van der Waals surface area contributed by atoms with Crippen LogP contribution in [0, 0.1) is 0 Å². The van der Waals surface area contributed by atoms with Gasteiger partial charge in [0.15, 0.2) is 9.04 Å². The molecule has 3 nitrogen and oxygen atoms in total. The molecule has 0 saturated carbocycles. The van der Waals surface area contributed by atoms with Crippen molar-refractivity contribution in [3.63, 3.8) is 0 Å². The predicted octanol–water partition coefficient (Wildman–Crippen LogP) is -3.01. The molecule has 1 aromatic heterocycles. The average molecular weight is 249 g/mol. The highest BCUT2D eigenvalue weighted by molar-refractivity contribution is 6.79. The Labute approximate surface area is 88.0 Å². The molecule has 2 unspecified atom stereocenters. The summed E-state index contributed by atoms with van der Waals surface area (Å²) in [6.45, 7) is 4.35. The van der Waals surface area contributed by atoms with E-state index < -0.39 is 18.1 Å². The van der Waals surface area contributed by atoms with Crippen LogP contribution in [0.2, 0.25) is 13.1 Å². The Morgan fingerprint density at radius 2 is 1.85 bits per heavy atom. The van der Waals surface area contributed by atoms with Gasteiger partial charge in [-0.2, -0.15) is 0 Å². The van der Waals surface area contributed by atoms with Crippen molar-refractivity contribution in [3.05, 3.63) is 12.3 Å². The van der Waals surface area contributed by atoms with Crippen molar-refractivity contribution in [1.82, 2.24) is 0 Å². The molecule has 0 aliphatic carbocycles. The summed E-state index contributed by atoms with van der Waals surface area (Å²) in [6.07, 6.45) is 1.76. The summed E-state index contributed by atoms with van der Waals surface area (Å²) in [4.78, 5) is 0. The van der Waals surface area contributed by atoms with Crippen molar-refractivity contribution >= 4 is 49.6 Å². The van der Waals surface area contributed by atoms with Gasteiger partial charge in [-0.1, -0.05) is 0 Å². The van der Waals surface area contributed by atoms with Crippen LogP contribution in [-0.4, -0.2) is 39.1 Å². The summed E-state index contributed by atoms with van der Waals surface area (Å²) in [6, 6.07) is 2.05. The smallest absolute Gasteiger partial charge is 0.234 e. The fraction of sp³-hybridized carbons (Fsp3) is 0.333. The molecule has 0 saturated heterocycles. The van der Waals surface area contributed by atoms with E-state index in [1.165, 1.54) is 5.19 Å². The Balaban J connectivity index is 2.88. The first-order valence-corrected chi connectivity index (χ1v) is 10.4. The second-order valence-electron chi connectivity index (χ2n) is 3.00. The fourth-order valence-electron chi connectivity index (χ4n) is 1.23. The van der Waals surface area contributed by atoms with Crippen LogP contribution in [0.3, 0.4) is 0 Å². The molecule has 0 N–H and O–H groups in total. The van der Waals surface area contributed by atoms with Gasteiger partial charge in [0.05, 0.1) is 6.26 Å². The standard InChI is InChI=1S/C6H16O3Si4/c1-12(8-10)5-3-4-7-6(5)13(2)9-11/h3-4,12-13H,1-2,10-11H3. The van der Waals surface area contributed by atoms with Crippen LogP contribution in [0.1, 0.15) is 0 Å². The third-order valence-corrected chi connectivity index (χ3v) is 10.8. The second kappa shape index (κ2) is 5.07. The Kier molecular flexibility index (Phi) is 4.35. The highest BCUT2D eigenvalue weighted by atomic mass is 28.3. The van der Waals surface area contributed by atoms with Gasteiger partial charge >= 0.3 is 0 Å². The lowest BCUT2D eigenvalue weighted by atomic mass is 10.7. The molecule has 0 amide bonds. The summed E-state index contributed by atoms with van der Waals surface area (Å²) in [5, 5.41) is 2.41. The van der Waals surface area contributed by atoms with Gasteiger partial charge in [0.25, 0.3) is 0 Å². The third-order valence-electron chi connectivity index (χ3n) is 2.24. The topological polar surface area (TPSA) is 31.6 Å². The van der Waals surface area contributed by atoms with Crippen LogP contribution in [-0.2, 0) is 8.23 Å². The Morgan fingerprint density at radius 1 is 1.23 bits per heavy atom. The maximum absolute atomic E-state index is 5.53. The predicted molar refractivity (Wildman–Crippen MR) is 66.1 cm³/mol. The Hall–Kier alpha value is 0.0675. The zero-order valence-electron chi connectivity index (χ0n) is 8.53. The molecule has 2 atom stereocenters. The number of hydrogen-bond donors (Lipinski definition) is 0. The van der Waals surface area contributed by atoms with E-state index in [2.05, 4.69) is 13.1 Å². The summed E-state index contributed by atoms with van der Waals surface area (Å²) in [5.41, 5.74) is 0. The van der Waals surface area contributed by atoms with E-state index in [4.69, 9.17) is 12.6 Å². The molecule has 0 aromatic carbocycles. The van der Waals surface area contributed by atoms with Crippen molar-refractivity contribution in [1.29, 1.82) is 0 Å². The molecule has 7 heteroatoms. The van der Waals surface area contributed by atoms with E-state index in [1.807, 2.05) is 6.07 Å². The van der Waals surface area contributed by atoms with Gasteiger partial charge in [-0.3, -0.25) is 0 Å². The maximum atomic E-state index is 5.53. The van der Waals surface area contributed by atoms with Crippen molar-refractivity contribution < 1.29 is 12.6 Å². The SMILES string of the molecule is C[SiH](O[SiH3])c1ccoc1[SiH](C)O[SiH3]. The van der Waals surface area contributed by atoms with E-state index in [9.17, 15) is 0 Å². The highest BCUT2D eigenvalue weighted by Crippen LogP contribution is 1.91. The molecule has 1 rings (SSSR count). The van der Waals surface area contributed by atoms with E-state index in [1.54, 1.807) is 6.26 Å². The Bertz CT molecular complexity index is 240. The molecule has 0 radical (unpaired) electrons. The molecule has 0 aliphatic heterocycles. The van der Waals surface area contributed by atoms with E-state index in [-0.39, 0.29) is 0 Å². The van der Waals surface area contributed by atoms with Crippen LogP contribution < -0.4 is 10.6 Å². The zero-order chi connectivity index (χ0) is 9.84. The van der Waals surface area contributed by atoms with Crippen LogP contribution >= 0.6 is 0 Å². The first-order chi connectivity index (χ1) is 6.20. The number of rotatable bonds is 4. The molecular formula is C6H16O3Si4. The lowest BCUT2D eigenvalue weighted by molar-refractivity contribution is 0.572. The van der Waals surface area contributed by atoms with Gasteiger partial charge in [0.2, 0.25) is 9.04 Å². The minimum atomic E-state index is -1.23. The second-order valence-corrected chi connectivity index (χ2v) is 10.5. The van der Waals surface area contributed by atoms with Gasteiger partial charge in [0.1, 0.15) is 26.4 Å². The summed E-state index contributed by atoms with van der Waals surface area (Å²) >= 11 is 0. The average Bonchev–Trinajstić information content (AvgIpc) is 2.63. The fourth-order valence-corrected chi connectivity index (χ4v) is 6.17. The first kappa shape index (κ1) is 11.1. The van der Waals surface area contributed by atoms with Crippen molar-refractivity contribution in [2.24, 2.45) is 0 Å². The van der Waals surface area contributed by atoms with E-state index >= 15 is 0 Å². The van der Waals surface area contributed by atoms with Gasteiger partial charge in [-0.15, -0.1) is 0 Å². The maximum Gasteiger partial charge on any atom is 0.234 e. The molecule has 74 valence electrons. The van der Waals surface area contributed by atoms with Crippen molar-refractivity contribution in [2.45, 2.75) is 13.1 Å². The number of hydrogen-bond acceptors (Lipinski definition) is 3. The van der Waals surface area contributed by atoms with Gasteiger partial charge in [0, 0.05) is 5.19 Å². The molecule has 13 heavy (non-hydrogen) atoms. The van der Waals surface area contributed by atoms with E-state index in [0.29, 0.717) is 0 Å². The van der Waals surface area contributed by atoms with Gasteiger partial charge in [-0.05, 0) is 19.2 Å². The minimum Gasteiger partial charge on any atom is -0.472 e. The molecule has 0 bridgehead atoms. The zero-order valence-corrected chi connectivity index (χ0v) is 14.8. The van der Waals surface area contributed by atoms with Crippen molar-refractivity contribution in [2.75, 3.05) is 0 Å². The monoisotopic (exact) mass is 248 g/mol. The lowest BCUT2D eigenvalue weighted by Crippen LogP contribution is -2.46. The molecule has 0 spiro atoms. The third kappa shape index (κ3) is 2.51. The molecule has 0 aliphatic rings. The van der Waals surface area contributed by atoms with Crippen LogP contribution in [0.4, 0.5) is 0 Å². The summed E-state index contributed by atoms with van der Waals surface area (Å²) in [7, 11) is -0.780. The highest BCUT2D eigenvalue weighted by Gasteiger charge is 2.20. The summed E-state index contributed by atoms with van der Waals surface area (Å²) < 4.78 is 16.5. The molecule has 0 fully saturated rings. The van der Waals surface area contributed by atoms with Crippen LogP contribution in [0.25, 0.3) is 0 Å². The lowest BCUT2D eigenvalue weighted by Gasteiger charge is -2.11. The first-order valence-electron chi connectivity index (χ1n) is 4.33. The Morgan fingerprint density at radius 3 is 2.38 bits per heavy atom. The van der Waals surface area contributed by atoms with Gasteiger partial charge < -0.3 is 12.6 Å². The van der Waals surface area contributed by atoms with Crippen molar-refractivity contribution in [3.8, 4) is 0 Å². The molecular weight excluding hydrogens is 232 g/mol. The molecule has 1 heterocycles.